The molecular weight excluding hydrogens is 346 g/mol. The molecule has 4 nitrogen and oxygen atoms in total. The lowest BCUT2D eigenvalue weighted by atomic mass is 10.1. The van der Waals surface area contributed by atoms with Crippen molar-refractivity contribution >= 4 is 34.4 Å². The zero-order valence-electron chi connectivity index (χ0n) is 14.7. The molecule has 0 N–H and O–H groups in total. The number of aromatic nitrogens is 2. The van der Waals surface area contributed by atoms with Gasteiger partial charge in [0.05, 0.1) is 17.8 Å². The molecule has 26 heavy (non-hydrogen) atoms. The first kappa shape index (κ1) is 17.0. The Bertz CT molecular complexity index is 986. The molecule has 0 fully saturated rings. The quantitative estimate of drug-likeness (QED) is 0.651. The van der Waals surface area contributed by atoms with E-state index in [1.807, 2.05) is 31.2 Å². The van der Waals surface area contributed by atoms with E-state index in [1.165, 1.54) is 17.5 Å². The smallest absolute Gasteiger partial charge is 0.244 e. The van der Waals surface area contributed by atoms with E-state index >= 15 is 0 Å². The number of hydrogen-bond acceptors (Lipinski definition) is 3. The summed E-state index contributed by atoms with van der Waals surface area (Å²) in [6, 6.07) is 14.3. The highest BCUT2D eigenvalue weighted by molar-refractivity contribution is 6.29. The van der Waals surface area contributed by atoms with Crippen molar-refractivity contribution in [2.75, 3.05) is 10.8 Å². The van der Waals surface area contributed by atoms with Crippen molar-refractivity contribution in [3.63, 3.8) is 0 Å². The van der Waals surface area contributed by atoms with Crippen molar-refractivity contribution in [2.45, 2.75) is 32.7 Å². The molecule has 132 valence electrons. The van der Waals surface area contributed by atoms with Gasteiger partial charge in [-0.2, -0.15) is 0 Å². The van der Waals surface area contributed by atoms with E-state index in [4.69, 9.17) is 11.6 Å². The minimum Gasteiger partial charge on any atom is -0.275 e. The Hall–Kier alpha value is -2.46. The lowest BCUT2D eigenvalue weighted by Gasteiger charge is -2.21. The number of alkyl halides is 1. The highest BCUT2D eigenvalue weighted by Gasteiger charge is 2.20. The maximum atomic E-state index is 12.5. The number of aryl methyl sites for hydroxylation is 3. The molecule has 1 aliphatic carbocycles. The number of benzene rings is 2. The maximum absolute atomic E-state index is 12.5. The molecule has 3 aromatic rings. The van der Waals surface area contributed by atoms with Gasteiger partial charge in [0, 0.05) is 5.39 Å². The van der Waals surface area contributed by atoms with E-state index < -0.39 is 0 Å². The Balaban J connectivity index is 1.72. The predicted octanol–water partition coefficient (Wildman–Crippen LogP) is 4.20. The fourth-order valence-corrected chi connectivity index (χ4v) is 3.73. The second-order valence-electron chi connectivity index (χ2n) is 6.70. The third kappa shape index (κ3) is 3.17. The Morgan fingerprint density at radius 1 is 1.12 bits per heavy atom. The minimum absolute atomic E-state index is 0.0970. The van der Waals surface area contributed by atoms with Crippen molar-refractivity contribution in [3.05, 3.63) is 64.8 Å². The van der Waals surface area contributed by atoms with Gasteiger partial charge in [-0.1, -0.05) is 36.4 Å². The van der Waals surface area contributed by atoms with Gasteiger partial charge in [0.25, 0.3) is 0 Å². The molecule has 0 saturated carbocycles. The molecule has 0 spiro atoms. The van der Waals surface area contributed by atoms with Crippen LogP contribution in [0.3, 0.4) is 0 Å². The van der Waals surface area contributed by atoms with Gasteiger partial charge in [-0.25, -0.2) is 9.97 Å². The number of halogens is 1. The fourth-order valence-electron chi connectivity index (χ4n) is 3.59. The number of amides is 1. The van der Waals surface area contributed by atoms with Crippen molar-refractivity contribution in [1.82, 2.24) is 9.97 Å². The number of rotatable bonds is 4. The lowest BCUT2D eigenvalue weighted by Crippen LogP contribution is -2.33. The molecule has 0 unspecified atom stereocenters. The van der Waals surface area contributed by atoms with Crippen LogP contribution < -0.4 is 4.90 Å². The topological polar surface area (TPSA) is 46.1 Å². The van der Waals surface area contributed by atoms with Crippen molar-refractivity contribution in [3.8, 4) is 0 Å². The summed E-state index contributed by atoms with van der Waals surface area (Å²) in [6.07, 6.45) is 3.46. The van der Waals surface area contributed by atoms with Gasteiger partial charge in [0.1, 0.15) is 5.88 Å². The van der Waals surface area contributed by atoms with E-state index in [2.05, 4.69) is 28.2 Å². The van der Waals surface area contributed by atoms with E-state index in [9.17, 15) is 4.79 Å². The van der Waals surface area contributed by atoms with Crippen LogP contribution in [0.4, 0.5) is 5.95 Å². The molecule has 0 atom stereocenters. The molecule has 1 aromatic heterocycles. The second-order valence-corrected chi connectivity index (χ2v) is 6.96. The number of anilines is 1. The summed E-state index contributed by atoms with van der Waals surface area (Å²) < 4.78 is 0. The number of fused-ring (bicyclic) bond motifs is 2. The van der Waals surface area contributed by atoms with Gasteiger partial charge in [-0.15, -0.1) is 11.6 Å². The first-order valence-corrected chi connectivity index (χ1v) is 9.39. The predicted molar refractivity (Wildman–Crippen MR) is 105 cm³/mol. The summed E-state index contributed by atoms with van der Waals surface area (Å²) in [5.41, 5.74) is 5.57. The van der Waals surface area contributed by atoms with Gasteiger partial charge < -0.3 is 0 Å². The molecule has 0 bridgehead atoms. The van der Waals surface area contributed by atoms with Crippen molar-refractivity contribution in [2.24, 2.45) is 0 Å². The first-order chi connectivity index (χ1) is 12.7. The first-order valence-electron chi connectivity index (χ1n) is 8.86. The van der Waals surface area contributed by atoms with Crippen molar-refractivity contribution < 1.29 is 4.79 Å². The third-order valence-electron chi connectivity index (χ3n) is 4.94. The summed E-state index contributed by atoms with van der Waals surface area (Å²) in [5, 5.41) is 0.993. The molecular formula is C21H20ClN3O. The second kappa shape index (κ2) is 7.04. The van der Waals surface area contributed by atoms with E-state index in [0.717, 1.165) is 35.0 Å². The number of hydrogen-bond donors (Lipinski definition) is 0. The van der Waals surface area contributed by atoms with Crippen LogP contribution in [0, 0.1) is 6.92 Å². The standard InChI is InChI=1S/C21H20ClN3O/c1-14-18-7-2-3-8-19(18)24-21(23-14)25(20(26)12-22)13-15-9-10-16-5-4-6-17(16)11-15/h2-3,7-11H,4-6,12-13H2,1H3. The van der Waals surface area contributed by atoms with Crippen LogP contribution in [0.25, 0.3) is 10.9 Å². The molecule has 5 heteroatoms. The van der Waals surface area contributed by atoms with Crippen LogP contribution >= 0.6 is 11.6 Å². The van der Waals surface area contributed by atoms with Crippen LogP contribution in [0.2, 0.25) is 0 Å². The lowest BCUT2D eigenvalue weighted by molar-refractivity contribution is -0.116. The van der Waals surface area contributed by atoms with E-state index in [1.54, 1.807) is 4.90 Å². The minimum atomic E-state index is -0.193. The maximum Gasteiger partial charge on any atom is 0.244 e. The Kier molecular flexibility index (Phi) is 4.60. The molecule has 0 aliphatic heterocycles. The van der Waals surface area contributed by atoms with Crippen molar-refractivity contribution in [1.29, 1.82) is 0 Å². The summed E-state index contributed by atoms with van der Waals surface area (Å²) >= 11 is 5.87. The van der Waals surface area contributed by atoms with E-state index in [0.29, 0.717) is 12.5 Å². The zero-order chi connectivity index (χ0) is 18.1. The van der Waals surface area contributed by atoms with Gasteiger partial charge in [-0.3, -0.25) is 9.69 Å². The van der Waals surface area contributed by atoms with E-state index in [-0.39, 0.29) is 11.8 Å². The van der Waals surface area contributed by atoms with Crippen LogP contribution in [0.1, 0.15) is 28.8 Å². The normalized spacial score (nSPS) is 13.0. The molecule has 0 radical (unpaired) electrons. The van der Waals surface area contributed by atoms with Gasteiger partial charge in [0.2, 0.25) is 11.9 Å². The SMILES string of the molecule is Cc1nc(N(Cc2ccc3c(c2)CCC3)C(=O)CCl)nc2ccccc12. The van der Waals surface area contributed by atoms with Gasteiger partial charge in [-0.05, 0) is 48.9 Å². The molecule has 2 aromatic carbocycles. The van der Waals surface area contributed by atoms with Gasteiger partial charge in [0.15, 0.2) is 0 Å². The zero-order valence-corrected chi connectivity index (χ0v) is 15.5. The highest BCUT2D eigenvalue weighted by Crippen LogP contribution is 2.25. The highest BCUT2D eigenvalue weighted by atomic mass is 35.5. The molecule has 0 saturated heterocycles. The molecule has 1 heterocycles. The van der Waals surface area contributed by atoms with Crippen LogP contribution in [-0.4, -0.2) is 21.8 Å². The molecule has 4 rings (SSSR count). The Morgan fingerprint density at radius 2 is 1.92 bits per heavy atom. The molecule has 1 amide bonds. The monoisotopic (exact) mass is 365 g/mol. The van der Waals surface area contributed by atoms with Crippen LogP contribution in [0.5, 0.6) is 0 Å². The average Bonchev–Trinajstić information content (AvgIpc) is 3.13. The number of carbonyl (C=O) groups excluding carboxylic acids is 1. The largest absolute Gasteiger partial charge is 0.275 e. The third-order valence-corrected chi connectivity index (χ3v) is 5.17. The molecule has 1 aliphatic rings. The summed E-state index contributed by atoms with van der Waals surface area (Å²) in [4.78, 5) is 23.3. The van der Waals surface area contributed by atoms with Gasteiger partial charge >= 0.3 is 0 Å². The Morgan fingerprint density at radius 3 is 2.77 bits per heavy atom. The van der Waals surface area contributed by atoms with Crippen LogP contribution in [-0.2, 0) is 24.2 Å². The number of carbonyl (C=O) groups is 1. The summed E-state index contributed by atoms with van der Waals surface area (Å²) in [7, 11) is 0. The number of nitrogens with zero attached hydrogens (tertiary/aromatic N) is 3. The average molecular weight is 366 g/mol. The van der Waals surface area contributed by atoms with Crippen LogP contribution in [0.15, 0.2) is 42.5 Å². The summed E-state index contributed by atoms with van der Waals surface area (Å²) in [6.45, 7) is 2.36. The Labute approximate surface area is 157 Å². The summed E-state index contributed by atoms with van der Waals surface area (Å²) in [5.74, 6) is 0.120. The number of para-hydroxylation sites is 1. The fraction of sp³-hybridized carbons (Fsp3) is 0.286.